The molecule has 0 saturated carbocycles. The number of hydrogen-bond acceptors (Lipinski definition) is 2. The van der Waals surface area contributed by atoms with Gasteiger partial charge in [0.25, 0.3) is 0 Å². The van der Waals surface area contributed by atoms with Gasteiger partial charge in [-0.25, -0.2) is 0 Å². The van der Waals surface area contributed by atoms with Crippen LogP contribution >= 0.6 is 23.2 Å². The summed E-state index contributed by atoms with van der Waals surface area (Å²) in [7, 11) is 1.66. The molecule has 0 spiro atoms. The predicted molar refractivity (Wildman–Crippen MR) is 61.4 cm³/mol. The first kappa shape index (κ1) is 11.6. The lowest BCUT2D eigenvalue weighted by atomic mass is 10.2. The zero-order valence-electron chi connectivity index (χ0n) is 8.18. The van der Waals surface area contributed by atoms with Crippen molar-refractivity contribution in [3.63, 3.8) is 0 Å². The summed E-state index contributed by atoms with van der Waals surface area (Å²) in [6.07, 6.45) is 0. The fourth-order valence-corrected chi connectivity index (χ4v) is 1.68. The highest BCUT2D eigenvalue weighted by atomic mass is 35.5. The lowest BCUT2D eigenvalue weighted by Gasteiger charge is -2.16. The molecule has 0 amide bonds. The summed E-state index contributed by atoms with van der Waals surface area (Å²) in [5.74, 6) is 0. The second-order valence-electron chi connectivity index (χ2n) is 3.10. The number of benzene rings is 1. The van der Waals surface area contributed by atoms with Crippen LogP contribution in [0, 0.1) is 0 Å². The van der Waals surface area contributed by atoms with Crippen molar-refractivity contribution in [2.75, 3.05) is 19.0 Å². The Morgan fingerprint density at radius 3 is 2.43 bits per heavy atom. The minimum absolute atomic E-state index is 0.178. The van der Waals surface area contributed by atoms with E-state index < -0.39 is 0 Å². The third-order valence-electron chi connectivity index (χ3n) is 1.77. The molecule has 1 unspecified atom stereocenters. The van der Waals surface area contributed by atoms with Crippen molar-refractivity contribution < 1.29 is 4.74 Å². The van der Waals surface area contributed by atoms with Gasteiger partial charge < -0.3 is 10.1 Å². The van der Waals surface area contributed by atoms with Gasteiger partial charge in [0.1, 0.15) is 0 Å². The van der Waals surface area contributed by atoms with Gasteiger partial charge in [0.2, 0.25) is 0 Å². The van der Waals surface area contributed by atoms with E-state index in [1.807, 2.05) is 13.0 Å². The van der Waals surface area contributed by atoms with Crippen molar-refractivity contribution in [1.29, 1.82) is 0 Å². The first-order valence-electron chi connectivity index (χ1n) is 4.34. The molecule has 0 bridgehead atoms. The number of anilines is 1. The topological polar surface area (TPSA) is 21.3 Å². The molecule has 0 aliphatic rings. The second-order valence-corrected chi connectivity index (χ2v) is 3.91. The predicted octanol–water partition coefficient (Wildman–Crippen LogP) is 3.44. The highest BCUT2D eigenvalue weighted by Gasteiger charge is 2.08. The number of methoxy groups -OCH3 is 1. The van der Waals surface area contributed by atoms with Gasteiger partial charge in [0.05, 0.1) is 22.3 Å². The Bertz CT molecular complexity index is 284. The smallest absolute Gasteiger partial charge is 0.0721 e. The Labute approximate surface area is 94.2 Å². The average Bonchev–Trinajstić information content (AvgIpc) is 2.12. The number of ether oxygens (including phenoxy) is 1. The molecule has 0 aromatic heterocycles. The molecule has 0 fully saturated rings. The Kier molecular flexibility index (Phi) is 4.52. The number of para-hydroxylation sites is 1. The lowest BCUT2D eigenvalue weighted by molar-refractivity contribution is 0.190. The van der Waals surface area contributed by atoms with Crippen LogP contribution in [0.4, 0.5) is 5.69 Å². The monoisotopic (exact) mass is 233 g/mol. The molecule has 0 saturated heterocycles. The minimum Gasteiger partial charge on any atom is -0.383 e. The van der Waals surface area contributed by atoms with Crippen LogP contribution in [0.1, 0.15) is 6.92 Å². The summed E-state index contributed by atoms with van der Waals surface area (Å²) < 4.78 is 5.01. The van der Waals surface area contributed by atoms with E-state index in [9.17, 15) is 0 Å². The van der Waals surface area contributed by atoms with Crippen LogP contribution in [0.2, 0.25) is 10.0 Å². The summed E-state index contributed by atoms with van der Waals surface area (Å²) in [4.78, 5) is 0. The summed E-state index contributed by atoms with van der Waals surface area (Å²) in [6.45, 7) is 2.62. The maximum Gasteiger partial charge on any atom is 0.0721 e. The molecule has 1 rings (SSSR count). The van der Waals surface area contributed by atoms with E-state index >= 15 is 0 Å². The van der Waals surface area contributed by atoms with Gasteiger partial charge in [-0.1, -0.05) is 29.3 Å². The molecule has 1 aromatic carbocycles. The van der Waals surface area contributed by atoms with E-state index in [0.29, 0.717) is 16.7 Å². The van der Waals surface area contributed by atoms with Crippen LogP contribution in [-0.2, 0) is 4.74 Å². The molecule has 1 atom stereocenters. The van der Waals surface area contributed by atoms with Gasteiger partial charge in [-0.2, -0.15) is 0 Å². The molecule has 0 aliphatic heterocycles. The van der Waals surface area contributed by atoms with Gasteiger partial charge in [-0.05, 0) is 19.1 Å². The van der Waals surface area contributed by atoms with E-state index in [4.69, 9.17) is 27.9 Å². The fraction of sp³-hybridized carbons (Fsp3) is 0.400. The lowest BCUT2D eigenvalue weighted by Crippen LogP contribution is -2.21. The number of hydrogen-bond donors (Lipinski definition) is 1. The number of nitrogens with one attached hydrogen (secondary N) is 1. The number of rotatable bonds is 4. The molecular formula is C10H13Cl2NO. The molecule has 2 nitrogen and oxygen atoms in total. The molecule has 1 aromatic rings. The summed E-state index contributed by atoms with van der Waals surface area (Å²) in [5.41, 5.74) is 0.764. The maximum absolute atomic E-state index is 5.99. The van der Waals surface area contributed by atoms with E-state index in [1.54, 1.807) is 19.2 Å². The number of halogens is 2. The van der Waals surface area contributed by atoms with E-state index in [2.05, 4.69) is 5.32 Å². The molecule has 0 heterocycles. The van der Waals surface area contributed by atoms with Gasteiger partial charge in [-0.15, -0.1) is 0 Å². The minimum atomic E-state index is 0.178. The van der Waals surface area contributed by atoms with Gasteiger partial charge in [0.15, 0.2) is 0 Å². The quantitative estimate of drug-likeness (QED) is 0.861. The average molecular weight is 234 g/mol. The van der Waals surface area contributed by atoms with Crippen LogP contribution in [0.5, 0.6) is 0 Å². The molecule has 0 radical (unpaired) electrons. The van der Waals surface area contributed by atoms with E-state index in [1.165, 1.54) is 0 Å². The van der Waals surface area contributed by atoms with E-state index in [-0.39, 0.29) is 6.04 Å². The normalized spacial score (nSPS) is 12.6. The van der Waals surface area contributed by atoms with Gasteiger partial charge in [-0.3, -0.25) is 0 Å². The van der Waals surface area contributed by atoms with Gasteiger partial charge in [0, 0.05) is 13.2 Å². The molecule has 14 heavy (non-hydrogen) atoms. The standard InChI is InChI=1S/C10H13Cl2NO/c1-7(6-14-2)13-10-8(11)4-3-5-9(10)12/h3-5,7,13H,6H2,1-2H3. The largest absolute Gasteiger partial charge is 0.383 e. The maximum atomic E-state index is 5.99. The van der Waals surface area contributed by atoms with Crippen LogP contribution in [0.3, 0.4) is 0 Å². The molecule has 78 valence electrons. The van der Waals surface area contributed by atoms with Gasteiger partial charge >= 0.3 is 0 Å². The Balaban J connectivity index is 2.75. The zero-order valence-corrected chi connectivity index (χ0v) is 9.69. The van der Waals surface area contributed by atoms with Crippen molar-refractivity contribution in [1.82, 2.24) is 0 Å². The van der Waals surface area contributed by atoms with Crippen LogP contribution in [0.25, 0.3) is 0 Å². The van der Waals surface area contributed by atoms with Crippen LogP contribution in [-0.4, -0.2) is 19.8 Å². The third-order valence-corrected chi connectivity index (χ3v) is 2.40. The summed E-state index contributed by atoms with van der Waals surface area (Å²) >= 11 is 12.0. The first-order valence-corrected chi connectivity index (χ1v) is 5.10. The van der Waals surface area contributed by atoms with E-state index in [0.717, 1.165) is 5.69 Å². The van der Waals surface area contributed by atoms with Crippen LogP contribution < -0.4 is 5.32 Å². The zero-order chi connectivity index (χ0) is 10.6. The molecular weight excluding hydrogens is 221 g/mol. The van der Waals surface area contributed by atoms with Crippen molar-refractivity contribution in [2.45, 2.75) is 13.0 Å². The highest BCUT2D eigenvalue weighted by Crippen LogP contribution is 2.30. The van der Waals surface area contributed by atoms with Crippen molar-refractivity contribution in [3.8, 4) is 0 Å². The highest BCUT2D eigenvalue weighted by molar-refractivity contribution is 6.39. The fourth-order valence-electron chi connectivity index (χ4n) is 1.17. The second kappa shape index (κ2) is 5.44. The van der Waals surface area contributed by atoms with Crippen molar-refractivity contribution in [2.24, 2.45) is 0 Å². The SMILES string of the molecule is COCC(C)Nc1c(Cl)cccc1Cl. The van der Waals surface area contributed by atoms with Crippen LogP contribution in [0.15, 0.2) is 18.2 Å². The van der Waals surface area contributed by atoms with Crippen molar-refractivity contribution in [3.05, 3.63) is 28.2 Å². The Morgan fingerprint density at radius 1 is 1.36 bits per heavy atom. The Morgan fingerprint density at radius 2 is 1.93 bits per heavy atom. The molecule has 4 heteroatoms. The molecule has 0 aliphatic carbocycles. The summed E-state index contributed by atoms with van der Waals surface area (Å²) in [6, 6.07) is 5.60. The molecule has 1 N–H and O–H groups in total. The Hall–Kier alpha value is -0.440. The third kappa shape index (κ3) is 3.05. The summed E-state index contributed by atoms with van der Waals surface area (Å²) in [5, 5.41) is 4.44. The first-order chi connectivity index (χ1) is 6.65. The van der Waals surface area contributed by atoms with Crippen molar-refractivity contribution >= 4 is 28.9 Å².